The number of halogens is 3. The average molecular weight is 454 g/mol. The highest BCUT2D eigenvalue weighted by Gasteiger charge is 2.54. The Morgan fingerprint density at radius 3 is 2.30 bits per heavy atom. The van der Waals surface area contributed by atoms with Crippen molar-refractivity contribution in [3.8, 4) is 11.5 Å². The summed E-state index contributed by atoms with van der Waals surface area (Å²) in [5.41, 5.74) is 1.27. The molecule has 0 amide bonds. The molecule has 0 bridgehead atoms. The molecule has 2 aliphatic rings. The molecule has 8 heteroatoms. The third kappa shape index (κ3) is 3.04. The normalized spacial score (nSPS) is 18.2. The van der Waals surface area contributed by atoms with Crippen LogP contribution in [0.3, 0.4) is 0 Å². The summed E-state index contributed by atoms with van der Waals surface area (Å²) in [7, 11) is 3.78. The van der Waals surface area contributed by atoms with Gasteiger partial charge in [0.1, 0.15) is 11.5 Å². The SMILES string of the molecule is CCN(c1ccc2c(c1)C1(OC(=O)c3ccccc31)c1ccc(N(C)C)cc1O2)C(F)(F)F. The molecule has 2 heterocycles. The zero-order chi connectivity index (χ0) is 23.5. The summed E-state index contributed by atoms with van der Waals surface area (Å²) < 4.78 is 53.2. The Kier molecular flexibility index (Phi) is 4.60. The predicted octanol–water partition coefficient (Wildman–Crippen LogP) is 5.67. The molecule has 33 heavy (non-hydrogen) atoms. The topological polar surface area (TPSA) is 42.0 Å². The van der Waals surface area contributed by atoms with Crippen molar-refractivity contribution in [2.24, 2.45) is 0 Å². The molecule has 3 aromatic carbocycles. The van der Waals surface area contributed by atoms with E-state index in [2.05, 4.69) is 0 Å². The quantitative estimate of drug-likeness (QED) is 0.377. The lowest BCUT2D eigenvalue weighted by atomic mass is 9.77. The maximum Gasteiger partial charge on any atom is 0.484 e. The Morgan fingerprint density at radius 2 is 1.61 bits per heavy atom. The molecule has 0 aromatic heterocycles. The number of carbonyl (C=O) groups is 1. The van der Waals surface area contributed by atoms with E-state index < -0.39 is 17.9 Å². The van der Waals surface area contributed by atoms with Gasteiger partial charge < -0.3 is 14.4 Å². The van der Waals surface area contributed by atoms with Crippen molar-refractivity contribution < 1.29 is 27.4 Å². The van der Waals surface area contributed by atoms with E-state index in [4.69, 9.17) is 9.47 Å². The predicted molar refractivity (Wildman–Crippen MR) is 118 cm³/mol. The van der Waals surface area contributed by atoms with Crippen LogP contribution in [0.5, 0.6) is 11.5 Å². The Hall–Kier alpha value is -3.68. The van der Waals surface area contributed by atoms with Gasteiger partial charge in [-0.3, -0.25) is 4.90 Å². The van der Waals surface area contributed by atoms with E-state index >= 15 is 0 Å². The fourth-order valence-corrected chi connectivity index (χ4v) is 4.60. The first-order valence-electron chi connectivity index (χ1n) is 10.5. The fourth-order valence-electron chi connectivity index (χ4n) is 4.60. The first-order valence-corrected chi connectivity index (χ1v) is 10.5. The van der Waals surface area contributed by atoms with Crippen molar-refractivity contribution in [3.05, 3.63) is 82.9 Å². The number of carbonyl (C=O) groups excluding carboxylic acids is 1. The Balaban J connectivity index is 1.80. The lowest BCUT2D eigenvalue weighted by Crippen LogP contribution is -2.38. The third-order valence-corrected chi connectivity index (χ3v) is 6.13. The van der Waals surface area contributed by atoms with E-state index in [1.54, 1.807) is 30.3 Å². The summed E-state index contributed by atoms with van der Waals surface area (Å²) in [6, 6.07) is 16.7. The summed E-state index contributed by atoms with van der Waals surface area (Å²) in [6.45, 7) is 1.16. The zero-order valence-electron chi connectivity index (χ0n) is 18.2. The number of esters is 1. The van der Waals surface area contributed by atoms with E-state index in [0.29, 0.717) is 38.7 Å². The summed E-state index contributed by atoms with van der Waals surface area (Å²) in [5.74, 6) is 0.286. The molecule has 5 rings (SSSR count). The van der Waals surface area contributed by atoms with Crippen LogP contribution in [0.4, 0.5) is 24.5 Å². The maximum atomic E-state index is 13.7. The molecule has 2 aliphatic heterocycles. The van der Waals surface area contributed by atoms with Gasteiger partial charge in [-0.1, -0.05) is 18.2 Å². The van der Waals surface area contributed by atoms with Gasteiger partial charge in [0.25, 0.3) is 0 Å². The van der Waals surface area contributed by atoms with Crippen LogP contribution in [0.25, 0.3) is 0 Å². The number of ether oxygens (including phenoxy) is 2. The van der Waals surface area contributed by atoms with Crippen molar-refractivity contribution in [2.75, 3.05) is 30.4 Å². The van der Waals surface area contributed by atoms with Crippen LogP contribution >= 0.6 is 0 Å². The van der Waals surface area contributed by atoms with E-state index in [1.807, 2.05) is 31.1 Å². The molecular formula is C25H21F3N2O3. The van der Waals surface area contributed by atoms with Crippen LogP contribution in [-0.4, -0.2) is 32.9 Å². The number of hydrogen-bond acceptors (Lipinski definition) is 5. The second-order valence-electron chi connectivity index (χ2n) is 8.19. The molecule has 0 N–H and O–H groups in total. The van der Waals surface area contributed by atoms with E-state index in [0.717, 1.165) is 5.69 Å². The maximum absolute atomic E-state index is 13.7. The minimum absolute atomic E-state index is 0.0551. The first-order chi connectivity index (χ1) is 15.7. The van der Waals surface area contributed by atoms with Gasteiger partial charge in [0.05, 0.1) is 5.56 Å². The van der Waals surface area contributed by atoms with Crippen LogP contribution in [0.15, 0.2) is 60.7 Å². The van der Waals surface area contributed by atoms with Gasteiger partial charge in [-0.05, 0) is 43.3 Å². The number of fused-ring (bicyclic) bond motifs is 6. The van der Waals surface area contributed by atoms with Crippen LogP contribution < -0.4 is 14.5 Å². The van der Waals surface area contributed by atoms with Crippen molar-refractivity contribution in [1.82, 2.24) is 0 Å². The lowest BCUT2D eigenvalue weighted by molar-refractivity contribution is -0.128. The molecule has 170 valence electrons. The molecule has 0 saturated carbocycles. The smallest absolute Gasteiger partial charge is 0.456 e. The highest BCUT2D eigenvalue weighted by molar-refractivity contribution is 5.97. The van der Waals surface area contributed by atoms with Crippen molar-refractivity contribution in [3.63, 3.8) is 0 Å². The molecule has 0 aliphatic carbocycles. The largest absolute Gasteiger partial charge is 0.484 e. The zero-order valence-corrected chi connectivity index (χ0v) is 18.2. The van der Waals surface area contributed by atoms with Gasteiger partial charge in [-0.2, -0.15) is 13.2 Å². The molecule has 3 aromatic rings. The number of anilines is 2. The minimum Gasteiger partial charge on any atom is -0.456 e. The van der Waals surface area contributed by atoms with Crippen LogP contribution in [-0.2, 0) is 10.3 Å². The Morgan fingerprint density at radius 1 is 0.879 bits per heavy atom. The summed E-state index contributed by atoms with van der Waals surface area (Å²) in [6.07, 6.45) is -4.56. The van der Waals surface area contributed by atoms with Crippen LogP contribution in [0, 0.1) is 0 Å². The van der Waals surface area contributed by atoms with Gasteiger partial charge in [-0.15, -0.1) is 0 Å². The lowest BCUT2D eigenvalue weighted by Gasteiger charge is -2.38. The Labute approximate surface area is 188 Å². The first kappa shape index (κ1) is 21.2. The summed E-state index contributed by atoms with van der Waals surface area (Å²) in [4.78, 5) is 15.2. The van der Waals surface area contributed by atoms with Gasteiger partial charge in [-0.25, -0.2) is 4.79 Å². The summed E-state index contributed by atoms with van der Waals surface area (Å²) in [5, 5.41) is 0. The number of alkyl halides is 3. The second kappa shape index (κ2) is 7.16. The number of nitrogens with zero attached hydrogens (tertiary/aromatic N) is 2. The van der Waals surface area contributed by atoms with Gasteiger partial charge in [0.15, 0.2) is 5.60 Å². The van der Waals surface area contributed by atoms with Gasteiger partial charge in [0, 0.05) is 54.8 Å². The van der Waals surface area contributed by atoms with E-state index in [1.165, 1.54) is 25.1 Å². The number of benzene rings is 3. The van der Waals surface area contributed by atoms with Gasteiger partial charge >= 0.3 is 12.3 Å². The van der Waals surface area contributed by atoms with Crippen molar-refractivity contribution in [2.45, 2.75) is 18.8 Å². The minimum atomic E-state index is -4.56. The molecule has 0 saturated heterocycles. The molecule has 0 fully saturated rings. The fraction of sp³-hybridized carbons (Fsp3) is 0.240. The van der Waals surface area contributed by atoms with Crippen molar-refractivity contribution in [1.29, 1.82) is 0 Å². The summed E-state index contributed by atoms with van der Waals surface area (Å²) >= 11 is 0. The van der Waals surface area contributed by atoms with Crippen LogP contribution in [0.2, 0.25) is 0 Å². The van der Waals surface area contributed by atoms with Crippen molar-refractivity contribution >= 4 is 17.3 Å². The molecular weight excluding hydrogens is 433 g/mol. The monoisotopic (exact) mass is 454 g/mol. The second-order valence-corrected chi connectivity index (χ2v) is 8.19. The molecule has 0 radical (unpaired) electrons. The van der Waals surface area contributed by atoms with E-state index in [9.17, 15) is 18.0 Å². The van der Waals surface area contributed by atoms with Gasteiger partial charge in [0.2, 0.25) is 0 Å². The highest BCUT2D eigenvalue weighted by atomic mass is 19.4. The van der Waals surface area contributed by atoms with Crippen LogP contribution in [0.1, 0.15) is 34.0 Å². The standard InChI is InChI=1S/C25H21F3N2O3/c1-4-30(25(26,27)28)16-10-12-21-20(13-16)24(18-8-6-5-7-17(18)23(31)33-24)19-11-9-15(29(2)3)14-22(19)32-21/h5-14H,4H2,1-3H3. The average Bonchev–Trinajstić information content (AvgIpc) is 3.07. The highest BCUT2D eigenvalue weighted by Crippen LogP contribution is 2.57. The molecule has 1 spiro atoms. The van der Waals surface area contributed by atoms with E-state index in [-0.39, 0.29) is 12.2 Å². The molecule has 1 unspecified atom stereocenters. The molecule has 5 nitrogen and oxygen atoms in total. The third-order valence-electron chi connectivity index (χ3n) is 6.13. The molecule has 1 atom stereocenters. The Bertz CT molecular complexity index is 1270. The number of hydrogen-bond donors (Lipinski definition) is 0. The number of rotatable bonds is 3.